The van der Waals surface area contributed by atoms with Crippen molar-refractivity contribution < 1.29 is 9.84 Å². The van der Waals surface area contributed by atoms with Gasteiger partial charge in [-0.25, -0.2) is 4.98 Å². The Labute approximate surface area is 198 Å². The van der Waals surface area contributed by atoms with E-state index in [0.717, 1.165) is 23.9 Å². The zero-order valence-corrected chi connectivity index (χ0v) is 19.0. The van der Waals surface area contributed by atoms with Gasteiger partial charge in [0.2, 0.25) is 0 Å². The summed E-state index contributed by atoms with van der Waals surface area (Å²) in [6.07, 6.45) is 2.07. The molecule has 1 aliphatic rings. The van der Waals surface area contributed by atoms with E-state index in [1.54, 1.807) is 12.1 Å². The predicted octanol–water partition coefficient (Wildman–Crippen LogP) is 5.31. The number of aliphatic hydroxyl groups is 1. The Kier molecular flexibility index (Phi) is 5.94. The fourth-order valence-corrected chi connectivity index (χ4v) is 4.53. The highest BCUT2D eigenvalue weighted by molar-refractivity contribution is 7.99. The summed E-state index contributed by atoms with van der Waals surface area (Å²) in [6, 6.07) is 17.1. The van der Waals surface area contributed by atoms with Crippen LogP contribution in [-0.2, 0) is 6.61 Å². The van der Waals surface area contributed by atoms with Crippen molar-refractivity contribution in [1.29, 1.82) is 5.26 Å². The molecule has 2 aromatic carbocycles. The second-order valence-corrected chi connectivity index (χ2v) is 8.89. The van der Waals surface area contributed by atoms with Gasteiger partial charge in [-0.3, -0.25) is 4.57 Å². The van der Waals surface area contributed by atoms with Crippen LogP contribution >= 0.6 is 23.4 Å². The van der Waals surface area contributed by atoms with Crippen LogP contribution in [-0.4, -0.2) is 35.6 Å². The standard InChI is InChI=1S/C23H19ClN6O2S/c24-16-5-1-4-8-20(16)32-12-21-28-29-23(30(21)14-9-10-14)33-13-19(31)15(11-25)22-26-17-6-2-3-7-18(17)27-22/h1-8,14,31H,9-10,12-13H2,(H,26,27)/b19-15-. The van der Waals surface area contributed by atoms with Crippen molar-refractivity contribution in [3.63, 3.8) is 0 Å². The van der Waals surface area contributed by atoms with E-state index in [2.05, 4.69) is 26.2 Å². The van der Waals surface area contributed by atoms with Gasteiger partial charge < -0.3 is 14.8 Å². The maximum atomic E-state index is 10.7. The number of aliphatic hydroxyl groups excluding tert-OH is 1. The molecule has 0 bridgehead atoms. The predicted molar refractivity (Wildman–Crippen MR) is 126 cm³/mol. The Bertz CT molecular complexity index is 1350. The normalized spacial score (nSPS) is 14.2. The van der Waals surface area contributed by atoms with Gasteiger partial charge in [-0.05, 0) is 37.1 Å². The van der Waals surface area contributed by atoms with E-state index in [1.165, 1.54) is 11.8 Å². The van der Waals surface area contributed by atoms with E-state index in [0.29, 0.717) is 33.6 Å². The Hall–Kier alpha value is -3.48. The maximum Gasteiger partial charge on any atom is 0.192 e. The number of thioether (sulfide) groups is 1. The smallest absolute Gasteiger partial charge is 0.192 e. The fourth-order valence-electron chi connectivity index (χ4n) is 3.44. The fraction of sp³-hybridized carbons (Fsp3) is 0.217. The lowest BCUT2D eigenvalue weighted by molar-refractivity contribution is 0.288. The van der Waals surface area contributed by atoms with Crippen LogP contribution in [0.2, 0.25) is 5.02 Å². The summed E-state index contributed by atoms with van der Waals surface area (Å²) in [4.78, 5) is 7.50. The first kappa shape index (κ1) is 21.4. The first-order chi connectivity index (χ1) is 16.1. The molecule has 4 aromatic rings. The topological polar surface area (TPSA) is 113 Å². The first-order valence-electron chi connectivity index (χ1n) is 10.3. The molecule has 1 aliphatic carbocycles. The molecular formula is C23H19ClN6O2S. The van der Waals surface area contributed by atoms with Crippen LogP contribution in [0.1, 0.15) is 30.5 Å². The monoisotopic (exact) mass is 478 g/mol. The molecule has 5 rings (SSSR count). The molecule has 1 saturated carbocycles. The summed E-state index contributed by atoms with van der Waals surface area (Å²) in [5.41, 5.74) is 1.65. The van der Waals surface area contributed by atoms with Gasteiger partial charge in [-0.1, -0.05) is 47.6 Å². The zero-order chi connectivity index (χ0) is 22.8. The van der Waals surface area contributed by atoms with Crippen LogP contribution in [0, 0.1) is 11.3 Å². The number of para-hydroxylation sites is 3. The van der Waals surface area contributed by atoms with Gasteiger partial charge in [0.25, 0.3) is 0 Å². The highest BCUT2D eigenvalue weighted by Crippen LogP contribution is 2.39. The number of H-pyrrole nitrogens is 1. The number of halogens is 1. The molecule has 0 aliphatic heterocycles. The largest absolute Gasteiger partial charge is 0.510 e. The number of aromatic amines is 1. The van der Waals surface area contributed by atoms with E-state index >= 15 is 0 Å². The molecule has 2 heterocycles. The third-order valence-corrected chi connectivity index (χ3v) is 6.47. The highest BCUT2D eigenvalue weighted by atomic mass is 35.5. The number of hydrogen-bond acceptors (Lipinski definition) is 7. The van der Waals surface area contributed by atoms with Gasteiger partial charge in [-0.2, -0.15) is 5.26 Å². The lowest BCUT2D eigenvalue weighted by atomic mass is 10.2. The molecule has 0 radical (unpaired) electrons. The molecule has 166 valence electrons. The summed E-state index contributed by atoms with van der Waals surface area (Å²) < 4.78 is 7.89. The van der Waals surface area contributed by atoms with Crippen molar-refractivity contribution >= 4 is 40.0 Å². The molecule has 10 heteroatoms. The Balaban J connectivity index is 1.33. The third-order valence-electron chi connectivity index (χ3n) is 5.21. The second kappa shape index (κ2) is 9.17. The van der Waals surface area contributed by atoms with E-state index in [1.807, 2.05) is 41.0 Å². The van der Waals surface area contributed by atoms with E-state index in [4.69, 9.17) is 16.3 Å². The third kappa shape index (κ3) is 4.53. The zero-order valence-electron chi connectivity index (χ0n) is 17.4. The SMILES string of the molecule is N#C/C(=C(/O)CSc1nnc(COc2ccccc2Cl)n1C1CC1)c1nc2ccccc2[nH]1. The van der Waals surface area contributed by atoms with Crippen LogP contribution in [0.15, 0.2) is 59.4 Å². The van der Waals surface area contributed by atoms with Crippen LogP contribution < -0.4 is 4.74 Å². The molecule has 0 spiro atoms. The number of ether oxygens (including phenoxy) is 1. The number of hydrogen-bond donors (Lipinski definition) is 2. The quantitative estimate of drug-likeness (QED) is 0.200. The summed E-state index contributed by atoms with van der Waals surface area (Å²) in [5, 5.41) is 30.1. The van der Waals surface area contributed by atoms with Gasteiger partial charge in [0.15, 0.2) is 16.8 Å². The molecule has 1 fully saturated rings. The van der Waals surface area contributed by atoms with Crippen molar-refractivity contribution in [2.45, 2.75) is 30.6 Å². The summed E-state index contributed by atoms with van der Waals surface area (Å²) >= 11 is 7.50. The van der Waals surface area contributed by atoms with Gasteiger partial charge in [0, 0.05) is 6.04 Å². The summed E-state index contributed by atoms with van der Waals surface area (Å²) in [5.74, 6) is 1.72. The van der Waals surface area contributed by atoms with Crippen LogP contribution in [0.5, 0.6) is 5.75 Å². The molecule has 0 amide bonds. The van der Waals surface area contributed by atoms with Crippen molar-refractivity contribution in [2.75, 3.05) is 5.75 Å². The van der Waals surface area contributed by atoms with Crippen molar-refractivity contribution in [1.82, 2.24) is 24.7 Å². The number of benzene rings is 2. The minimum atomic E-state index is -0.0687. The molecule has 0 unspecified atom stereocenters. The lowest BCUT2D eigenvalue weighted by Gasteiger charge is -2.10. The summed E-state index contributed by atoms with van der Waals surface area (Å²) in [7, 11) is 0. The van der Waals surface area contributed by atoms with Crippen LogP contribution in [0.4, 0.5) is 0 Å². The second-order valence-electron chi connectivity index (χ2n) is 7.54. The molecule has 0 atom stereocenters. The first-order valence-corrected chi connectivity index (χ1v) is 11.7. The summed E-state index contributed by atoms with van der Waals surface area (Å²) in [6.45, 7) is 0.234. The van der Waals surface area contributed by atoms with Crippen molar-refractivity contribution in [3.8, 4) is 11.8 Å². The number of fused-ring (bicyclic) bond motifs is 1. The molecule has 0 saturated heterocycles. The Morgan fingerprint density at radius 3 is 2.76 bits per heavy atom. The van der Waals surface area contributed by atoms with Gasteiger partial charge >= 0.3 is 0 Å². The van der Waals surface area contributed by atoms with Crippen LogP contribution in [0.3, 0.4) is 0 Å². The van der Waals surface area contributed by atoms with Gasteiger partial charge in [-0.15, -0.1) is 10.2 Å². The number of nitrogens with one attached hydrogen (secondary N) is 1. The van der Waals surface area contributed by atoms with Crippen molar-refractivity contribution in [2.24, 2.45) is 0 Å². The molecule has 33 heavy (non-hydrogen) atoms. The number of rotatable bonds is 8. The Morgan fingerprint density at radius 1 is 1.21 bits per heavy atom. The number of aromatic nitrogens is 5. The molecule has 8 nitrogen and oxygen atoms in total. The minimum absolute atomic E-state index is 0.0687. The van der Waals surface area contributed by atoms with Crippen LogP contribution in [0.25, 0.3) is 16.6 Å². The number of allylic oxidation sites excluding steroid dienone is 1. The molecular weight excluding hydrogens is 460 g/mol. The van der Waals surface area contributed by atoms with Crippen molar-refractivity contribution in [3.05, 3.63) is 71.0 Å². The maximum absolute atomic E-state index is 10.7. The Morgan fingerprint density at radius 2 is 2.00 bits per heavy atom. The number of imidazole rings is 1. The van der Waals surface area contributed by atoms with E-state index < -0.39 is 0 Å². The van der Waals surface area contributed by atoms with E-state index in [9.17, 15) is 10.4 Å². The molecule has 2 N–H and O–H groups in total. The average molecular weight is 479 g/mol. The average Bonchev–Trinajstić information content (AvgIpc) is 3.44. The number of nitriles is 1. The number of nitrogens with zero attached hydrogens (tertiary/aromatic N) is 5. The lowest BCUT2D eigenvalue weighted by Crippen LogP contribution is -2.07. The van der Waals surface area contributed by atoms with Gasteiger partial charge in [0.1, 0.15) is 29.8 Å². The minimum Gasteiger partial charge on any atom is -0.510 e. The van der Waals surface area contributed by atoms with Gasteiger partial charge in [0.05, 0.1) is 21.8 Å². The molecule has 2 aromatic heterocycles. The highest BCUT2D eigenvalue weighted by Gasteiger charge is 2.30. The van der Waals surface area contributed by atoms with E-state index in [-0.39, 0.29) is 23.7 Å².